The highest BCUT2D eigenvalue weighted by molar-refractivity contribution is 5.85. The van der Waals surface area contributed by atoms with Crippen LogP contribution in [0.15, 0.2) is 30.3 Å². The van der Waals surface area contributed by atoms with Crippen molar-refractivity contribution in [3.05, 3.63) is 35.9 Å². The minimum absolute atomic E-state index is 0.105. The van der Waals surface area contributed by atoms with Crippen LogP contribution in [0.3, 0.4) is 0 Å². The van der Waals surface area contributed by atoms with E-state index in [1.807, 2.05) is 51.1 Å². The first-order valence-electron chi connectivity index (χ1n) is 9.00. The first-order valence-corrected chi connectivity index (χ1v) is 9.00. The van der Waals surface area contributed by atoms with Gasteiger partial charge in [0.05, 0.1) is 17.3 Å². The Morgan fingerprint density at radius 3 is 2.11 bits per heavy atom. The number of benzene rings is 1. The van der Waals surface area contributed by atoms with Crippen molar-refractivity contribution >= 4 is 12.0 Å². The Balaban J connectivity index is 2.73. The lowest BCUT2D eigenvalue weighted by atomic mass is 10.1. The van der Waals surface area contributed by atoms with E-state index in [0.717, 1.165) is 5.56 Å². The third kappa shape index (κ3) is 9.96. The van der Waals surface area contributed by atoms with Gasteiger partial charge >= 0.3 is 6.09 Å². The second-order valence-corrected chi connectivity index (χ2v) is 8.30. The Morgan fingerprint density at radius 1 is 1.00 bits per heavy atom. The summed E-state index contributed by atoms with van der Waals surface area (Å²) in [6.07, 6.45) is -1.31. The molecular formula is C20H32N2O5. The number of hydroxylamine groups is 1. The van der Waals surface area contributed by atoms with Crippen LogP contribution in [0.25, 0.3) is 0 Å². The fraction of sp³-hybridized carbons (Fsp3) is 0.600. The molecule has 1 rings (SSSR count). The Morgan fingerprint density at radius 2 is 1.59 bits per heavy atom. The van der Waals surface area contributed by atoms with Crippen molar-refractivity contribution < 1.29 is 23.9 Å². The van der Waals surface area contributed by atoms with Crippen molar-refractivity contribution in [1.82, 2.24) is 10.8 Å². The molecule has 0 aliphatic carbocycles. The van der Waals surface area contributed by atoms with Crippen molar-refractivity contribution in [2.45, 2.75) is 78.4 Å². The Labute approximate surface area is 161 Å². The van der Waals surface area contributed by atoms with Crippen LogP contribution in [0.5, 0.6) is 0 Å². The van der Waals surface area contributed by atoms with Gasteiger partial charge in [-0.3, -0.25) is 9.63 Å². The maximum atomic E-state index is 12.5. The Kier molecular flexibility index (Phi) is 8.24. The van der Waals surface area contributed by atoms with Crippen LogP contribution in [0.2, 0.25) is 0 Å². The molecule has 2 unspecified atom stereocenters. The van der Waals surface area contributed by atoms with E-state index in [1.165, 1.54) is 0 Å². The number of carbonyl (C=O) groups excluding carboxylic acids is 2. The van der Waals surface area contributed by atoms with Gasteiger partial charge in [0.1, 0.15) is 12.6 Å². The van der Waals surface area contributed by atoms with Crippen LogP contribution < -0.4 is 10.8 Å². The fourth-order valence-corrected chi connectivity index (χ4v) is 2.18. The summed E-state index contributed by atoms with van der Waals surface area (Å²) in [6.45, 7) is 12.8. The van der Waals surface area contributed by atoms with Crippen LogP contribution >= 0.6 is 0 Å². The molecule has 0 spiro atoms. The largest absolute Gasteiger partial charge is 0.445 e. The van der Waals surface area contributed by atoms with Gasteiger partial charge in [-0.25, -0.2) is 10.3 Å². The van der Waals surface area contributed by atoms with Gasteiger partial charge in [-0.15, -0.1) is 0 Å². The van der Waals surface area contributed by atoms with Gasteiger partial charge < -0.3 is 14.8 Å². The van der Waals surface area contributed by atoms with Crippen molar-refractivity contribution in [2.75, 3.05) is 0 Å². The minimum Gasteiger partial charge on any atom is -0.445 e. The van der Waals surface area contributed by atoms with E-state index in [2.05, 4.69) is 10.8 Å². The maximum absolute atomic E-state index is 12.5. The van der Waals surface area contributed by atoms with E-state index >= 15 is 0 Å². The minimum atomic E-state index is -0.977. The lowest BCUT2D eigenvalue weighted by molar-refractivity contribution is -0.154. The highest BCUT2D eigenvalue weighted by atomic mass is 16.7. The number of hydrogen-bond donors (Lipinski definition) is 2. The van der Waals surface area contributed by atoms with Gasteiger partial charge in [0.2, 0.25) is 0 Å². The molecule has 0 saturated carbocycles. The summed E-state index contributed by atoms with van der Waals surface area (Å²) in [5.41, 5.74) is 2.18. The number of nitrogens with one attached hydrogen (secondary N) is 2. The quantitative estimate of drug-likeness (QED) is 0.709. The number of rotatable bonds is 7. The Bertz CT molecular complexity index is 605. The zero-order valence-electron chi connectivity index (χ0n) is 17.3. The molecule has 7 nitrogen and oxygen atoms in total. The molecule has 1 aromatic carbocycles. The third-order valence-corrected chi connectivity index (χ3v) is 3.24. The molecule has 7 heteroatoms. The summed E-state index contributed by atoms with van der Waals surface area (Å²) < 4.78 is 11.0. The smallest absolute Gasteiger partial charge is 0.408 e. The average molecular weight is 380 g/mol. The van der Waals surface area contributed by atoms with E-state index in [-0.39, 0.29) is 6.61 Å². The van der Waals surface area contributed by atoms with Gasteiger partial charge in [-0.2, -0.15) is 0 Å². The highest BCUT2D eigenvalue weighted by Crippen LogP contribution is 2.14. The number of carbonyl (C=O) groups is 2. The van der Waals surface area contributed by atoms with Crippen LogP contribution in [0.4, 0.5) is 4.79 Å². The molecular weight excluding hydrogens is 348 g/mol. The molecule has 152 valence electrons. The second-order valence-electron chi connectivity index (χ2n) is 8.30. The SMILES string of the molecule is CC(OC(C)(C)C)C(NC(=O)OCc1ccccc1)C(=O)NOC(C)(C)C. The topological polar surface area (TPSA) is 85.9 Å². The first kappa shape index (κ1) is 22.9. The zero-order valence-corrected chi connectivity index (χ0v) is 17.3. The molecule has 2 atom stereocenters. The Hall–Kier alpha value is -2.12. The number of ether oxygens (including phenoxy) is 2. The summed E-state index contributed by atoms with van der Waals surface area (Å²) >= 11 is 0. The van der Waals surface area contributed by atoms with Crippen LogP contribution in [0.1, 0.15) is 54.0 Å². The third-order valence-electron chi connectivity index (χ3n) is 3.24. The molecule has 0 aliphatic heterocycles. The standard InChI is InChI=1S/C20H32N2O5/c1-14(26-19(2,3)4)16(17(23)22-27-20(5,6)7)21-18(24)25-13-15-11-9-8-10-12-15/h8-12,14,16H,13H2,1-7H3,(H,21,24)(H,22,23). The van der Waals surface area contributed by atoms with E-state index in [0.29, 0.717) is 0 Å². The van der Waals surface area contributed by atoms with Crippen LogP contribution in [-0.4, -0.2) is 35.3 Å². The normalized spacial score (nSPS) is 14.2. The van der Waals surface area contributed by atoms with Crippen molar-refractivity contribution in [3.8, 4) is 0 Å². The molecule has 0 fully saturated rings. The van der Waals surface area contributed by atoms with Gasteiger partial charge in [-0.05, 0) is 54.0 Å². The lowest BCUT2D eigenvalue weighted by Crippen LogP contribution is -2.55. The molecule has 0 aromatic heterocycles. The summed E-state index contributed by atoms with van der Waals surface area (Å²) in [7, 11) is 0. The zero-order chi connectivity index (χ0) is 20.7. The summed E-state index contributed by atoms with van der Waals surface area (Å²) in [5.74, 6) is -0.515. The molecule has 0 radical (unpaired) electrons. The highest BCUT2D eigenvalue weighted by Gasteiger charge is 2.32. The monoisotopic (exact) mass is 380 g/mol. The van der Waals surface area contributed by atoms with Crippen molar-refractivity contribution in [3.63, 3.8) is 0 Å². The van der Waals surface area contributed by atoms with E-state index in [9.17, 15) is 9.59 Å². The number of alkyl carbamates (subject to hydrolysis) is 1. The average Bonchev–Trinajstić information content (AvgIpc) is 2.54. The molecule has 2 amide bonds. The first-order chi connectivity index (χ1) is 12.4. The van der Waals surface area contributed by atoms with Gasteiger partial charge in [-0.1, -0.05) is 30.3 Å². The molecule has 0 aliphatic rings. The summed E-state index contributed by atoms with van der Waals surface area (Å²) in [6, 6.07) is 8.31. The molecule has 0 saturated heterocycles. The lowest BCUT2D eigenvalue weighted by Gasteiger charge is -2.31. The molecule has 1 aromatic rings. The predicted molar refractivity (Wildman–Crippen MR) is 103 cm³/mol. The number of amides is 2. The molecule has 0 heterocycles. The summed E-state index contributed by atoms with van der Waals surface area (Å²) in [5, 5.41) is 2.57. The fourth-order valence-electron chi connectivity index (χ4n) is 2.18. The summed E-state index contributed by atoms with van der Waals surface area (Å²) in [4.78, 5) is 30.0. The molecule has 2 N–H and O–H groups in total. The molecule has 27 heavy (non-hydrogen) atoms. The van der Waals surface area contributed by atoms with E-state index < -0.39 is 35.3 Å². The number of hydrogen-bond acceptors (Lipinski definition) is 5. The van der Waals surface area contributed by atoms with Crippen molar-refractivity contribution in [1.29, 1.82) is 0 Å². The van der Waals surface area contributed by atoms with Crippen LogP contribution in [0, 0.1) is 0 Å². The maximum Gasteiger partial charge on any atom is 0.408 e. The predicted octanol–water partition coefficient (Wildman–Crippen LogP) is 3.33. The second kappa shape index (κ2) is 9.71. The molecule has 0 bridgehead atoms. The van der Waals surface area contributed by atoms with Gasteiger partial charge in [0, 0.05) is 0 Å². The van der Waals surface area contributed by atoms with Crippen LogP contribution in [-0.2, 0) is 25.7 Å². The van der Waals surface area contributed by atoms with Crippen molar-refractivity contribution in [2.24, 2.45) is 0 Å². The van der Waals surface area contributed by atoms with E-state index in [4.69, 9.17) is 14.3 Å². The van der Waals surface area contributed by atoms with Gasteiger partial charge in [0.15, 0.2) is 0 Å². The van der Waals surface area contributed by atoms with Gasteiger partial charge in [0.25, 0.3) is 5.91 Å². The van der Waals surface area contributed by atoms with E-state index in [1.54, 1.807) is 27.7 Å².